The minimum absolute atomic E-state index is 0.0275. The van der Waals surface area contributed by atoms with E-state index in [0.717, 1.165) is 5.56 Å². The van der Waals surface area contributed by atoms with Gasteiger partial charge >= 0.3 is 19.1 Å². The topological polar surface area (TPSA) is 169 Å². The van der Waals surface area contributed by atoms with E-state index in [1.807, 2.05) is 44.2 Å². The number of amides is 2. The maximum Gasteiger partial charge on any atom is 0.552 e. The molecule has 2 amide bonds. The summed E-state index contributed by atoms with van der Waals surface area (Å²) in [5.74, 6) is -4.14. The minimum atomic E-state index is -1.50. The lowest BCUT2D eigenvalue weighted by molar-refractivity contribution is -0.161. The lowest BCUT2D eigenvalue weighted by atomic mass is 9.72. The van der Waals surface area contributed by atoms with Gasteiger partial charge in [0.2, 0.25) is 5.91 Å². The van der Waals surface area contributed by atoms with E-state index in [1.165, 1.54) is 25.6 Å². The molecule has 0 aliphatic carbocycles. The van der Waals surface area contributed by atoms with Crippen molar-refractivity contribution in [1.29, 1.82) is 0 Å². The molecule has 0 radical (unpaired) electrons. The lowest BCUT2D eigenvalue weighted by Crippen LogP contribution is -2.64. The molecule has 1 aromatic carbocycles. The van der Waals surface area contributed by atoms with Crippen molar-refractivity contribution < 1.29 is 33.6 Å². The Balaban J connectivity index is 1.83. The van der Waals surface area contributed by atoms with Crippen molar-refractivity contribution in [2.24, 2.45) is 5.92 Å². The number of aromatic nitrogens is 2. The van der Waals surface area contributed by atoms with E-state index < -0.39 is 55.0 Å². The van der Waals surface area contributed by atoms with Crippen LogP contribution in [0.2, 0.25) is 0 Å². The molecular formula is C24H30BN5O7. The number of carboxylic acids is 1. The van der Waals surface area contributed by atoms with E-state index in [4.69, 9.17) is 9.31 Å². The van der Waals surface area contributed by atoms with Crippen LogP contribution in [0.1, 0.15) is 36.3 Å². The van der Waals surface area contributed by atoms with Gasteiger partial charge in [0.1, 0.15) is 17.8 Å². The second-order valence-corrected chi connectivity index (χ2v) is 9.02. The molecule has 0 bridgehead atoms. The van der Waals surface area contributed by atoms with E-state index in [1.54, 1.807) is 0 Å². The summed E-state index contributed by atoms with van der Waals surface area (Å²) in [6.07, 6.45) is 3.06. The zero-order valence-corrected chi connectivity index (χ0v) is 20.8. The standard InChI is InChI=1S/C24H30BN5O7/c1-14(2)11-18(25-36-20(23(33)34)19(26-3)24(35)37-25)30-21(31)16(12-15-7-5-4-6-8-15)29-22(32)17-13-27-9-10-28-17/h4-10,13-14,16,18-20,26H,11-12H2,1-3H3,(H,29,32)(H,30,31)(H,33,34)/t16?,18-,19-,20+/m0/s1. The monoisotopic (exact) mass is 511 g/mol. The first-order chi connectivity index (χ1) is 17.7. The first kappa shape index (κ1) is 27.7. The van der Waals surface area contributed by atoms with Gasteiger partial charge in [-0.25, -0.2) is 9.78 Å². The van der Waals surface area contributed by atoms with Crippen molar-refractivity contribution in [2.45, 2.75) is 50.8 Å². The number of hydrogen-bond acceptors (Lipinski definition) is 9. The van der Waals surface area contributed by atoms with Gasteiger partial charge in [-0.3, -0.25) is 19.4 Å². The Morgan fingerprint density at radius 2 is 1.86 bits per heavy atom. The zero-order valence-electron chi connectivity index (χ0n) is 20.8. The van der Waals surface area contributed by atoms with Gasteiger partial charge in [0.05, 0.1) is 12.1 Å². The van der Waals surface area contributed by atoms with Crippen LogP contribution < -0.4 is 16.0 Å². The second-order valence-electron chi connectivity index (χ2n) is 9.02. The first-order valence-corrected chi connectivity index (χ1v) is 11.9. The third kappa shape index (κ3) is 7.57. The third-order valence-electron chi connectivity index (χ3n) is 5.71. The number of rotatable bonds is 11. The minimum Gasteiger partial charge on any atom is -0.507 e. The van der Waals surface area contributed by atoms with Crippen molar-refractivity contribution in [3.8, 4) is 0 Å². The normalized spacial score (nSPS) is 19.0. The van der Waals surface area contributed by atoms with E-state index >= 15 is 0 Å². The van der Waals surface area contributed by atoms with E-state index in [0.29, 0.717) is 6.42 Å². The molecule has 196 valence electrons. The van der Waals surface area contributed by atoms with Crippen molar-refractivity contribution in [3.63, 3.8) is 0 Å². The summed E-state index contributed by atoms with van der Waals surface area (Å²) in [4.78, 5) is 58.3. The average Bonchev–Trinajstić information content (AvgIpc) is 2.88. The number of carbonyl (C=O) groups is 4. The molecule has 13 heteroatoms. The first-order valence-electron chi connectivity index (χ1n) is 11.9. The van der Waals surface area contributed by atoms with Crippen LogP contribution in [0.4, 0.5) is 0 Å². The summed E-state index contributed by atoms with van der Waals surface area (Å²) in [6, 6.07) is 6.89. The summed E-state index contributed by atoms with van der Waals surface area (Å²) in [5.41, 5.74) is 0.838. The molecule has 12 nitrogen and oxygen atoms in total. The molecule has 1 unspecified atom stereocenters. The molecule has 2 aromatic rings. The van der Waals surface area contributed by atoms with Gasteiger partial charge in [0, 0.05) is 18.8 Å². The summed E-state index contributed by atoms with van der Waals surface area (Å²) < 4.78 is 11.0. The summed E-state index contributed by atoms with van der Waals surface area (Å²) in [7, 11) is 0.0880. The molecule has 0 spiro atoms. The van der Waals surface area contributed by atoms with Crippen LogP contribution in [0.25, 0.3) is 0 Å². The summed E-state index contributed by atoms with van der Waals surface area (Å²) >= 11 is 0. The number of nitrogens with one attached hydrogen (secondary N) is 3. The highest BCUT2D eigenvalue weighted by atomic mass is 16.6. The summed E-state index contributed by atoms with van der Waals surface area (Å²) in [5, 5.41) is 17.6. The number of carboxylic acid groups (broad SMARTS) is 1. The predicted molar refractivity (Wildman–Crippen MR) is 132 cm³/mol. The molecular weight excluding hydrogens is 481 g/mol. The number of aliphatic carboxylic acids is 1. The highest BCUT2D eigenvalue weighted by Crippen LogP contribution is 2.19. The van der Waals surface area contributed by atoms with Crippen molar-refractivity contribution in [2.75, 3.05) is 7.05 Å². The molecule has 2 heterocycles. The number of carbonyl (C=O) groups excluding carboxylic acids is 3. The van der Waals surface area contributed by atoms with E-state index in [9.17, 15) is 24.3 Å². The van der Waals surface area contributed by atoms with Crippen molar-refractivity contribution >= 4 is 30.9 Å². The fourth-order valence-corrected chi connectivity index (χ4v) is 3.95. The van der Waals surface area contributed by atoms with Crippen molar-refractivity contribution in [3.05, 3.63) is 60.2 Å². The Labute approximate surface area is 214 Å². The van der Waals surface area contributed by atoms with Gasteiger partial charge in [-0.1, -0.05) is 44.2 Å². The summed E-state index contributed by atoms with van der Waals surface area (Å²) in [6.45, 7) is 3.79. The van der Waals surface area contributed by atoms with Gasteiger partial charge in [0.25, 0.3) is 5.91 Å². The molecule has 37 heavy (non-hydrogen) atoms. The smallest absolute Gasteiger partial charge is 0.507 e. The van der Waals surface area contributed by atoms with Crippen LogP contribution in [0, 0.1) is 5.92 Å². The number of nitrogens with zero attached hydrogens (tertiary/aromatic N) is 2. The highest BCUT2D eigenvalue weighted by Gasteiger charge is 2.49. The van der Waals surface area contributed by atoms with Gasteiger partial charge in [-0.05, 0) is 24.9 Å². The molecule has 3 rings (SSSR count). The fourth-order valence-electron chi connectivity index (χ4n) is 3.95. The second kappa shape index (κ2) is 12.9. The predicted octanol–water partition coefficient (Wildman–Crippen LogP) is -0.00940. The highest BCUT2D eigenvalue weighted by molar-refractivity contribution is 6.50. The van der Waals surface area contributed by atoms with Gasteiger partial charge in [-0.2, -0.15) is 0 Å². The van der Waals surface area contributed by atoms with Crippen LogP contribution in [0.5, 0.6) is 0 Å². The van der Waals surface area contributed by atoms with Crippen LogP contribution in [0.3, 0.4) is 0 Å². The molecule has 1 saturated heterocycles. The van der Waals surface area contributed by atoms with E-state index in [-0.39, 0.29) is 18.0 Å². The molecule has 1 fully saturated rings. The largest absolute Gasteiger partial charge is 0.552 e. The Morgan fingerprint density at radius 1 is 1.14 bits per heavy atom. The van der Waals surface area contributed by atoms with Crippen molar-refractivity contribution in [1.82, 2.24) is 25.9 Å². The van der Waals surface area contributed by atoms with Gasteiger partial charge in [0.15, 0.2) is 6.10 Å². The zero-order chi connectivity index (χ0) is 26.9. The SMILES string of the molecule is CN[C@@H]1C(=O)OB([C@H](CC(C)C)NC(=O)C(Cc2ccccc2)NC(=O)c2cnccn2)O[C@H]1C(=O)O. The molecule has 1 aliphatic heterocycles. The number of likely N-dealkylation sites (N-methyl/N-ethyl adjacent to an activating group) is 1. The molecule has 4 atom stereocenters. The quantitative estimate of drug-likeness (QED) is 0.301. The molecule has 0 saturated carbocycles. The number of hydrogen-bond donors (Lipinski definition) is 4. The Hall–Kier alpha value is -3.84. The van der Waals surface area contributed by atoms with Crippen LogP contribution in [0.15, 0.2) is 48.9 Å². The van der Waals surface area contributed by atoms with Gasteiger partial charge in [-0.15, -0.1) is 0 Å². The van der Waals surface area contributed by atoms with E-state index in [2.05, 4.69) is 25.9 Å². The Kier molecular flexibility index (Phi) is 9.69. The van der Waals surface area contributed by atoms with Crippen LogP contribution >= 0.6 is 0 Å². The molecule has 4 N–H and O–H groups in total. The number of benzene rings is 1. The maximum atomic E-state index is 13.5. The maximum absolute atomic E-state index is 13.5. The molecule has 1 aromatic heterocycles. The van der Waals surface area contributed by atoms with Gasteiger partial charge < -0.3 is 30.4 Å². The van der Waals surface area contributed by atoms with Crippen LogP contribution in [-0.2, 0) is 30.1 Å². The van der Waals surface area contributed by atoms with Crippen LogP contribution in [-0.4, -0.2) is 77.1 Å². The molecule has 1 aliphatic rings. The average molecular weight is 511 g/mol. The third-order valence-corrected chi connectivity index (χ3v) is 5.71. The Morgan fingerprint density at radius 3 is 2.46 bits per heavy atom. The fraction of sp³-hybridized carbons (Fsp3) is 0.417. The lowest BCUT2D eigenvalue weighted by Gasteiger charge is -2.35. The Bertz CT molecular complexity index is 1090.